The molecule has 0 aromatic heterocycles. The number of carboxylic acid groups (broad SMARTS) is 1. The van der Waals surface area contributed by atoms with Crippen molar-refractivity contribution in [2.75, 3.05) is 33.0 Å². The number of aliphatic carboxylic acids is 1. The van der Waals surface area contributed by atoms with Gasteiger partial charge in [-0.15, -0.1) is 0 Å². The molecule has 0 atom stereocenters. The van der Waals surface area contributed by atoms with Gasteiger partial charge in [0.2, 0.25) is 5.91 Å². The number of rotatable bonds is 8. The zero-order valence-corrected chi connectivity index (χ0v) is 11.4. The van der Waals surface area contributed by atoms with Crippen LogP contribution in [-0.4, -0.2) is 50.0 Å². The molecule has 0 bridgehead atoms. The fourth-order valence-electron chi connectivity index (χ4n) is 2.06. The number of ether oxygens (including phenoxy) is 2. The Kier molecular flexibility index (Phi) is 6.80. The second-order valence-corrected chi connectivity index (χ2v) is 4.78. The molecule has 1 heterocycles. The quantitative estimate of drug-likeness (QED) is 0.639. The van der Waals surface area contributed by atoms with E-state index in [4.69, 9.17) is 9.47 Å². The van der Waals surface area contributed by atoms with Gasteiger partial charge in [-0.2, -0.15) is 0 Å². The lowest BCUT2D eigenvalue weighted by Crippen LogP contribution is -2.46. The molecule has 0 saturated carbocycles. The lowest BCUT2D eigenvalue weighted by Gasteiger charge is -2.33. The maximum atomic E-state index is 11.6. The molecule has 6 nitrogen and oxygen atoms in total. The molecule has 110 valence electrons. The van der Waals surface area contributed by atoms with Gasteiger partial charge in [0, 0.05) is 39.4 Å². The van der Waals surface area contributed by atoms with E-state index in [1.54, 1.807) is 0 Å². The number of carbonyl (C=O) groups excluding carboxylic acids is 1. The maximum Gasteiger partial charge on any atom is 0.311 e. The molecule has 1 amide bonds. The summed E-state index contributed by atoms with van der Waals surface area (Å²) < 4.78 is 10.3. The fraction of sp³-hybridized carbons (Fsp3) is 0.846. The molecule has 0 aliphatic carbocycles. The average molecular weight is 273 g/mol. The van der Waals surface area contributed by atoms with Crippen LogP contribution in [0.15, 0.2) is 0 Å². The number of carbonyl (C=O) groups is 2. The number of hydrogen-bond donors (Lipinski definition) is 2. The van der Waals surface area contributed by atoms with Crippen LogP contribution in [0.25, 0.3) is 0 Å². The van der Waals surface area contributed by atoms with Crippen molar-refractivity contribution in [3.8, 4) is 0 Å². The summed E-state index contributed by atoms with van der Waals surface area (Å²) in [6.45, 7) is 4.16. The molecule has 1 fully saturated rings. The van der Waals surface area contributed by atoms with Crippen LogP contribution in [0.1, 0.15) is 32.6 Å². The van der Waals surface area contributed by atoms with Crippen molar-refractivity contribution in [3.63, 3.8) is 0 Å². The Morgan fingerprint density at radius 2 is 2.05 bits per heavy atom. The summed E-state index contributed by atoms with van der Waals surface area (Å²) in [5.41, 5.74) is -0.867. The molecule has 1 rings (SSSR count). The van der Waals surface area contributed by atoms with Crippen LogP contribution in [0.3, 0.4) is 0 Å². The molecule has 1 aliphatic rings. The van der Waals surface area contributed by atoms with Gasteiger partial charge in [-0.1, -0.05) is 0 Å². The predicted octanol–water partition coefficient (Wildman–Crippen LogP) is 0.801. The first-order chi connectivity index (χ1) is 9.10. The van der Waals surface area contributed by atoms with Crippen LogP contribution < -0.4 is 5.32 Å². The molecule has 2 N–H and O–H groups in total. The highest BCUT2D eigenvalue weighted by molar-refractivity contribution is 5.79. The van der Waals surface area contributed by atoms with Crippen LogP contribution in [0.2, 0.25) is 0 Å². The Morgan fingerprint density at radius 3 is 2.63 bits per heavy atom. The first-order valence-corrected chi connectivity index (χ1v) is 6.76. The summed E-state index contributed by atoms with van der Waals surface area (Å²) >= 11 is 0. The highest BCUT2D eigenvalue weighted by Gasteiger charge is 2.40. The molecule has 19 heavy (non-hydrogen) atoms. The average Bonchev–Trinajstić information content (AvgIpc) is 2.42. The van der Waals surface area contributed by atoms with Gasteiger partial charge in [0.25, 0.3) is 0 Å². The molecular weight excluding hydrogens is 250 g/mol. The Morgan fingerprint density at radius 1 is 1.37 bits per heavy atom. The Balaban J connectivity index is 2.31. The van der Waals surface area contributed by atoms with E-state index in [1.165, 1.54) is 0 Å². The second kappa shape index (κ2) is 8.12. The zero-order valence-electron chi connectivity index (χ0n) is 11.4. The van der Waals surface area contributed by atoms with Gasteiger partial charge in [0.15, 0.2) is 0 Å². The summed E-state index contributed by atoms with van der Waals surface area (Å²) in [5, 5.41) is 12.0. The van der Waals surface area contributed by atoms with E-state index in [9.17, 15) is 14.7 Å². The molecule has 0 aromatic carbocycles. The number of amides is 1. The summed E-state index contributed by atoms with van der Waals surface area (Å²) in [4.78, 5) is 23.0. The van der Waals surface area contributed by atoms with E-state index in [0.29, 0.717) is 52.1 Å². The van der Waals surface area contributed by atoms with E-state index in [-0.39, 0.29) is 12.5 Å². The van der Waals surface area contributed by atoms with Gasteiger partial charge in [-0.05, 0) is 26.2 Å². The third-order valence-corrected chi connectivity index (χ3v) is 3.42. The SMILES string of the molecule is CCOCCCC(=O)NCC1(C(=O)O)CCOCC1. The molecule has 0 unspecified atom stereocenters. The summed E-state index contributed by atoms with van der Waals surface area (Å²) in [6.07, 6.45) is 1.91. The minimum Gasteiger partial charge on any atom is -0.481 e. The lowest BCUT2D eigenvalue weighted by atomic mass is 9.80. The first-order valence-electron chi connectivity index (χ1n) is 6.76. The summed E-state index contributed by atoms with van der Waals surface area (Å²) in [5.74, 6) is -0.975. The van der Waals surface area contributed by atoms with Crippen LogP contribution in [0, 0.1) is 5.41 Å². The maximum absolute atomic E-state index is 11.6. The van der Waals surface area contributed by atoms with E-state index < -0.39 is 11.4 Å². The minimum absolute atomic E-state index is 0.119. The standard InChI is InChI=1S/C13H23NO5/c1-2-18-7-3-4-11(15)14-10-13(12(16)17)5-8-19-9-6-13/h2-10H2,1H3,(H,14,15)(H,16,17). The van der Waals surface area contributed by atoms with Crippen molar-refractivity contribution < 1.29 is 24.2 Å². The van der Waals surface area contributed by atoms with Crippen molar-refractivity contribution in [1.82, 2.24) is 5.32 Å². The van der Waals surface area contributed by atoms with Crippen LogP contribution in [-0.2, 0) is 19.1 Å². The third kappa shape index (κ3) is 5.16. The molecule has 1 aliphatic heterocycles. The number of hydrogen-bond acceptors (Lipinski definition) is 4. The van der Waals surface area contributed by atoms with Gasteiger partial charge < -0.3 is 19.9 Å². The lowest BCUT2D eigenvalue weighted by molar-refractivity contribution is -0.154. The van der Waals surface area contributed by atoms with Crippen LogP contribution in [0.4, 0.5) is 0 Å². The van der Waals surface area contributed by atoms with Crippen molar-refractivity contribution in [1.29, 1.82) is 0 Å². The number of carboxylic acids is 1. The van der Waals surface area contributed by atoms with Crippen molar-refractivity contribution >= 4 is 11.9 Å². The van der Waals surface area contributed by atoms with Gasteiger partial charge in [-0.3, -0.25) is 9.59 Å². The molecular formula is C13H23NO5. The largest absolute Gasteiger partial charge is 0.481 e. The Hall–Kier alpha value is -1.14. The van der Waals surface area contributed by atoms with Crippen LogP contribution >= 0.6 is 0 Å². The monoisotopic (exact) mass is 273 g/mol. The van der Waals surface area contributed by atoms with E-state index in [1.807, 2.05) is 6.92 Å². The van der Waals surface area contributed by atoms with E-state index >= 15 is 0 Å². The molecule has 0 aromatic rings. The normalized spacial score (nSPS) is 17.9. The van der Waals surface area contributed by atoms with Crippen molar-refractivity contribution in [2.45, 2.75) is 32.6 Å². The van der Waals surface area contributed by atoms with Gasteiger partial charge >= 0.3 is 5.97 Å². The smallest absolute Gasteiger partial charge is 0.311 e. The minimum atomic E-state index is -0.867. The van der Waals surface area contributed by atoms with E-state index in [2.05, 4.69) is 5.32 Å². The highest BCUT2D eigenvalue weighted by atomic mass is 16.5. The van der Waals surface area contributed by atoms with Crippen LogP contribution in [0.5, 0.6) is 0 Å². The first kappa shape index (κ1) is 15.9. The fourth-order valence-corrected chi connectivity index (χ4v) is 2.06. The molecule has 0 spiro atoms. The molecule has 6 heteroatoms. The zero-order chi connectivity index (χ0) is 14.1. The van der Waals surface area contributed by atoms with E-state index in [0.717, 1.165) is 0 Å². The predicted molar refractivity (Wildman–Crippen MR) is 68.9 cm³/mol. The highest BCUT2D eigenvalue weighted by Crippen LogP contribution is 2.30. The number of nitrogens with one attached hydrogen (secondary N) is 1. The molecule has 0 radical (unpaired) electrons. The van der Waals surface area contributed by atoms with Gasteiger partial charge in [-0.25, -0.2) is 0 Å². The summed E-state index contributed by atoms with van der Waals surface area (Å²) in [6, 6.07) is 0. The second-order valence-electron chi connectivity index (χ2n) is 4.78. The topological polar surface area (TPSA) is 84.9 Å². The third-order valence-electron chi connectivity index (χ3n) is 3.42. The van der Waals surface area contributed by atoms with Crippen molar-refractivity contribution in [3.05, 3.63) is 0 Å². The molecule has 1 saturated heterocycles. The Labute approximate surface area is 113 Å². The summed E-state index contributed by atoms with van der Waals surface area (Å²) in [7, 11) is 0. The van der Waals surface area contributed by atoms with Gasteiger partial charge in [0.05, 0.1) is 5.41 Å². The van der Waals surface area contributed by atoms with Gasteiger partial charge in [0.1, 0.15) is 0 Å². The Bertz CT molecular complexity index is 299. The van der Waals surface area contributed by atoms with Crippen molar-refractivity contribution in [2.24, 2.45) is 5.41 Å².